The smallest absolute Gasteiger partial charge is 0.0555 e. The van der Waals surface area contributed by atoms with Crippen molar-refractivity contribution in [2.24, 2.45) is 0 Å². The SMILES string of the molecule is OC1CCCC(NCc2ccn[nH]2)C1. The Morgan fingerprint density at radius 1 is 1.57 bits per heavy atom. The minimum absolute atomic E-state index is 0.108. The molecule has 0 spiro atoms. The summed E-state index contributed by atoms with van der Waals surface area (Å²) in [5.41, 5.74) is 1.10. The molecule has 0 bridgehead atoms. The number of aliphatic hydroxyl groups excluding tert-OH is 1. The lowest BCUT2D eigenvalue weighted by Gasteiger charge is -2.26. The van der Waals surface area contributed by atoms with E-state index in [0.29, 0.717) is 6.04 Å². The molecule has 2 unspecified atom stereocenters. The molecular formula is C10H17N3O. The summed E-state index contributed by atoms with van der Waals surface area (Å²) in [4.78, 5) is 0. The van der Waals surface area contributed by atoms with Gasteiger partial charge < -0.3 is 10.4 Å². The van der Waals surface area contributed by atoms with E-state index in [9.17, 15) is 5.11 Å². The summed E-state index contributed by atoms with van der Waals surface area (Å²) in [6.45, 7) is 0.817. The molecule has 0 radical (unpaired) electrons. The second-order valence-electron chi connectivity index (χ2n) is 3.98. The summed E-state index contributed by atoms with van der Waals surface area (Å²) in [5.74, 6) is 0. The van der Waals surface area contributed by atoms with E-state index in [1.165, 1.54) is 6.42 Å². The Balaban J connectivity index is 1.75. The highest BCUT2D eigenvalue weighted by Gasteiger charge is 2.19. The van der Waals surface area contributed by atoms with Crippen LogP contribution in [0.5, 0.6) is 0 Å². The largest absolute Gasteiger partial charge is 0.393 e. The molecule has 2 atom stereocenters. The van der Waals surface area contributed by atoms with Crippen molar-refractivity contribution < 1.29 is 5.11 Å². The first-order valence-electron chi connectivity index (χ1n) is 5.24. The normalized spacial score (nSPS) is 27.8. The van der Waals surface area contributed by atoms with Gasteiger partial charge in [0.05, 0.1) is 6.10 Å². The fraction of sp³-hybridized carbons (Fsp3) is 0.700. The molecule has 78 valence electrons. The Labute approximate surface area is 83.7 Å². The Hall–Kier alpha value is -0.870. The quantitative estimate of drug-likeness (QED) is 0.668. The van der Waals surface area contributed by atoms with Crippen LogP contribution in [0, 0.1) is 0 Å². The van der Waals surface area contributed by atoms with Crippen LogP contribution in [-0.4, -0.2) is 27.4 Å². The van der Waals surface area contributed by atoms with Crippen molar-refractivity contribution in [1.82, 2.24) is 15.5 Å². The predicted octanol–water partition coefficient (Wildman–Crippen LogP) is 0.803. The van der Waals surface area contributed by atoms with Gasteiger partial charge in [0, 0.05) is 24.5 Å². The van der Waals surface area contributed by atoms with Gasteiger partial charge in [-0.1, -0.05) is 0 Å². The van der Waals surface area contributed by atoms with E-state index in [1.807, 2.05) is 6.07 Å². The van der Waals surface area contributed by atoms with Gasteiger partial charge in [-0.3, -0.25) is 5.10 Å². The Morgan fingerprint density at radius 3 is 3.21 bits per heavy atom. The Bertz CT molecular complexity index is 260. The number of hydrogen-bond acceptors (Lipinski definition) is 3. The van der Waals surface area contributed by atoms with Gasteiger partial charge in [0.2, 0.25) is 0 Å². The topological polar surface area (TPSA) is 60.9 Å². The lowest BCUT2D eigenvalue weighted by molar-refractivity contribution is 0.111. The lowest BCUT2D eigenvalue weighted by Crippen LogP contribution is -2.35. The van der Waals surface area contributed by atoms with E-state index in [0.717, 1.165) is 31.5 Å². The van der Waals surface area contributed by atoms with Crippen molar-refractivity contribution in [3.05, 3.63) is 18.0 Å². The highest BCUT2D eigenvalue weighted by atomic mass is 16.3. The van der Waals surface area contributed by atoms with Crippen LogP contribution in [0.15, 0.2) is 12.3 Å². The maximum Gasteiger partial charge on any atom is 0.0555 e. The molecule has 3 N–H and O–H groups in total. The van der Waals surface area contributed by atoms with Gasteiger partial charge in [-0.05, 0) is 31.7 Å². The highest BCUT2D eigenvalue weighted by molar-refractivity contribution is 4.97. The van der Waals surface area contributed by atoms with Crippen molar-refractivity contribution >= 4 is 0 Å². The standard InChI is InChI=1S/C10H17N3O/c14-10-3-1-2-8(6-10)11-7-9-4-5-12-13-9/h4-5,8,10-11,14H,1-3,6-7H2,(H,12,13). The molecule has 1 saturated carbocycles. The summed E-state index contributed by atoms with van der Waals surface area (Å²) < 4.78 is 0. The highest BCUT2D eigenvalue weighted by Crippen LogP contribution is 2.18. The zero-order valence-electron chi connectivity index (χ0n) is 8.24. The van der Waals surface area contributed by atoms with Gasteiger partial charge in [-0.25, -0.2) is 0 Å². The van der Waals surface area contributed by atoms with Gasteiger partial charge in [-0.2, -0.15) is 5.10 Å². The summed E-state index contributed by atoms with van der Waals surface area (Å²) >= 11 is 0. The van der Waals surface area contributed by atoms with Crippen LogP contribution in [0.1, 0.15) is 31.4 Å². The van der Waals surface area contributed by atoms with Crippen molar-refractivity contribution in [1.29, 1.82) is 0 Å². The van der Waals surface area contributed by atoms with Crippen LogP contribution in [-0.2, 0) is 6.54 Å². The zero-order valence-corrected chi connectivity index (χ0v) is 8.24. The summed E-state index contributed by atoms with van der Waals surface area (Å²) in [6, 6.07) is 2.42. The first-order chi connectivity index (χ1) is 6.84. The van der Waals surface area contributed by atoms with Crippen molar-refractivity contribution in [3.8, 4) is 0 Å². The van der Waals surface area contributed by atoms with E-state index in [2.05, 4.69) is 15.5 Å². The number of H-pyrrole nitrogens is 1. The first-order valence-corrected chi connectivity index (χ1v) is 5.24. The third kappa shape index (κ3) is 2.56. The maximum absolute atomic E-state index is 9.48. The summed E-state index contributed by atoms with van der Waals surface area (Å²) in [5, 5.41) is 19.7. The maximum atomic E-state index is 9.48. The molecule has 1 aliphatic carbocycles. The van der Waals surface area contributed by atoms with Gasteiger partial charge in [0.15, 0.2) is 0 Å². The Kier molecular flexibility index (Phi) is 3.16. The number of hydrogen-bond donors (Lipinski definition) is 3. The molecule has 4 nitrogen and oxygen atoms in total. The number of aromatic nitrogens is 2. The summed E-state index contributed by atoms with van der Waals surface area (Å²) in [6.07, 6.45) is 5.79. The molecule has 0 aliphatic heterocycles. The van der Waals surface area contributed by atoms with Gasteiger partial charge in [-0.15, -0.1) is 0 Å². The third-order valence-electron chi connectivity index (χ3n) is 2.79. The molecule has 0 amide bonds. The van der Waals surface area contributed by atoms with E-state index >= 15 is 0 Å². The van der Waals surface area contributed by atoms with Crippen molar-refractivity contribution in [2.75, 3.05) is 0 Å². The van der Waals surface area contributed by atoms with Crippen molar-refractivity contribution in [3.63, 3.8) is 0 Å². The van der Waals surface area contributed by atoms with E-state index in [-0.39, 0.29) is 6.10 Å². The summed E-state index contributed by atoms with van der Waals surface area (Å²) in [7, 11) is 0. The van der Waals surface area contributed by atoms with Crippen molar-refractivity contribution in [2.45, 2.75) is 44.4 Å². The molecule has 2 rings (SSSR count). The Morgan fingerprint density at radius 2 is 2.50 bits per heavy atom. The van der Waals surface area contributed by atoms with Crippen LogP contribution < -0.4 is 5.32 Å². The minimum atomic E-state index is -0.108. The number of aromatic amines is 1. The molecule has 0 aromatic carbocycles. The molecule has 0 saturated heterocycles. The molecule has 1 aromatic rings. The van der Waals surface area contributed by atoms with E-state index in [1.54, 1.807) is 6.20 Å². The first kappa shape index (κ1) is 9.68. The number of aliphatic hydroxyl groups is 1. The minimum Gasteiger partial charge on any atom is -0.393 e. The molecule has 1 aliphatic rings. The third-order valence-corrected chi connectivity index (χ3v) is 2.79. The number of rotatable bonds is 3. The molecule has 1 fully saturated rings. The van der Waals surface area contributed by atoms with Gasteiger partial charge in [0.1, 0.15) is 0 Å². The van der Waals surface area contributed by atoms with Gasteiger partial charge in [0.25, 0.3) is 0 Å². The number of nitrogens with zero attached hydrogens (tertiary/aromatic N) is 1. The lowest BCUT2D eigenvalue weighted by atomic mass is 9.93. The number of nitrogens with one attached hydrogen (secondary N) is 2. The predicted molar refractivity (Wildman–Crippen MR) is 53.7 cm³/mol. The van der Waals surface area contributed by atoms with Crippen LogP contribution in [0.2, 0.25) is 0 Å². The second kappa shape index (κ2) is 4.57. The van der Waals surface area contributed by atoms with Gasteiger partial charge >= 0.3 is 0 Å². The van der Waals surface area contributed by atoms with E-state index < -0.39 is 0 Å². The second-order valence-corrected chi connectivity index (χ2v) is 3.98. The average molecular weight is 195 g/mol. The van der Waals surface area contributed by atoms with E-state index in [4.69, 9.17) is 0 Å². The molecule has 14 heavy (non-hydrogen) atoms. The molecule has 1 aromatic heterocycles. The monoisotopic (exact) mass is 195 g/mol. The van der Waals surface area contributed by atoms with Crippen LogP contribution >= 0.6 is 0 Å². The fourth-order valence-electron chi connectivity index (χ4n) is 1.99. The fourth-order valence-corrected chi connectivity index (χ4v) is 1.99. The molecular weight excluding hydrogens is 178 g/mol. The average Bonchev–Trinajstić information content (AvgIpc) is 2.67. The molecule has 4 heteroatoms. The zero-order chi connectivity index (χ0) is 9.80. The van der Waals surface area contributed by atoms with Crippen LogP contribution in [0.3, 0.4) is 0 Å². The molecule has 1 heterocycles. The van der Waals surface area contributed by atoms with Crippen LogP contribution in [0.4, 0.5) is 0 Å². The van der Waals surface area contributed by atoms with Crippen LogP contribution in [0.25, 0.3) is 0 Å².